The van der Waals surface area contributed by atoms with Gasteiger partial charge in [0.25, 0.3) is 0 Å². The predicted molar refractivity (Wildman–Crippen MR) is 78.2 cm³/mol. The van der Waals surface area contributed by atoms with E-state index in [1.165, 1.54) is 6.26 Å². The summed E-state index contributed by atoms with van der Waals surface area (Å²) in [5.74, 6) is 0.432. The molecule has 1 aromatic carbocycles. The summed E-state index contributed by atoms with van der Waals surface area (Å²) in [6.45, 7) is 3.64. The van der Waals surface area contributed by atoms with Crippen LogP contribution >= 0.6 is 0 Å². The number of benzene rings is 1. The van der Waals surface area contributed by atoms with Gasteiger partial charge in [0.2, 0.25) is 5.91 Å². The Morgan fingerprint density at radius 2 is 1.90 bits per heavy atom. The van der Waals surface area contributed by atoms with Gasteiger partial charge in [-0.05, 0) is 37.0 Å². The molecule has 1 aliphatic rings. The first-order valence-electron chi connectivity index (χ1n) is 6.96. The van der Waals surface area contributed by atoms with Crippen molar-refractivity contribution in [2.24, 2.45) is 5.92 Å². The van der Waals surface area contributed by atoms with E-state index < -0.39 is 9.84 Å². The molecule has 1 aliphatic heterocycles. The Balaban J connectivity index is 1.84. The van der Waals surface area contributed by atoms with Crippen molar-refractivity contribution in [2.75, 3.05) is 19.3 Å². The number of rotatable bonds is 5. The van der Waals surface area contributed by atoms with Crippen LogP contribution in [0.1, 0.15) is 25.3 Å². The zero-order valence-corrected chi connectivity index (χ0v) is 12.8. The van der Waals surface area contributed by atoms with Crippen LogP contribution in [0.5, 0.6) is 0 Å². The van der Waals surface area contributed by atoms with Crippen molar-refractivity contribution < 1.29 is 13.2 Å². The minimum Gasteiger partial charge on any atom is -0.342 e. The molecule has 0 aliphatic carbocycles. The first kappa shape index (κ1) is 15.0. The normalized spacial score (nSPS) is 19.6. The molecule has 0 radical (unpaired) electrons. The van der Waals surface area contributed by atoms with Crippen LogP contribution in [0.15, 0.2) is 29.2 Å². The van der Waals surface area contributed by atoms with Gasteiger partial charge in [-0.2, -0.15) is 0 Å². The number of nitrogens with zero attached hydrogens (tertiary/aromatic N) is 1. The van der Waals surface area contributed by atoms with Crippen LogP contribution < -0.4 is 0 Å². The van der Waals surface area contributed by atoms with Gasteiger partial charge in [0.05, 0.1) is 4.90 Å². The van der Waals surface area contributed by atoms with E-state index in [4.69, 9.17) is 0 Å². The number of hydrogen-bond acceptors (Lipinski definition) is 3. The van der Waals surface area contributed by atoms with Crippen molar-refractivity contribution >= 4 is 15.7 Å². The molecule has 110 valence electrons. The average molecular weight is 295 g/mol. The molecular formula is C15H21NO3S. The second-order valence-corrected chi connectivity index (χ2v) is 7.55. The fraction of sp³-hybridized carbons (Fsp3) is 0.533. The lowest BCUT2D eigenvalue weighted by molar-refractivity contribution is -0.130. The smallest absolute Gasteiger partial charge is 0.225 e. The fourth-order valence-corrected chi connectivity index (χ4v) is 3.12. The van der Waals surface area contributed by atoms with Gasteiger partial charge in [-0.1, -0.05) is 19.1 Å². The maximum absolute atomic E-state index is 11.8. The largest absolute Gasteiger partial charge is 0.342 e. The first-order chi connectivity index (χ1) is 9.38. The highest BCUT2D eigenvalue weighted by molar-refractivity contribution is 7.90. The number of carbonyl (C=O) groups excluding carboxylic acids is 1. The summed E-state index contributed by atoms with van der Waals surface area (Å²) in [4.78, 5) is 14.0. The Hall–Kier alpha value is -1.36. The minimum atomic E-state index is -3.12. The monoisotopic (exact) mass is 295 g/mol. The van der Waals surface area contributed by atoms with E-state index in [1.54, 1.807) is 12.1 Å². The molecule has 1 aromatic rings. The third kappa shape index (κ3) is 3.60. The molecule has 2 rings (SSSR count). The van der Waals surface area contributed by atoms with E-state index in [0.717, 1.165) is 37.9 Å². The van der Waals surface area contributed by atoms with Crippen molar-refractivity contribution in [2.45, 2.75) is 31.1 Å². The van der Waals surface area contributed by atoms with E-state index in [9.17, 15) is 13.2 Å². The number of aryl methyl sites for hydroxylation is 1. The van der Waals surface area contributed by atoms with Gasteiger partial charge in [-0.25, -0.2) is 8.42 Å². The highest BCUT2D eigenvalue weighted by Gasteiger charge is 2.26. The standard InChI is InChI=1S/C15H21NO3S/c1-12-9-11-16(15(12)17)10-3-4-13-5-7-14(8-6-13)20(2,18)19/h5-8,12H,3-4,9-11H2,1-2H3. The van der Waals surface area contributed by atoms with Crippen LogP contribution in [0.2, 0.25) is 0 Å². The quantitative estimate of drug-likeness (QED) is 0.833. The molecule has 1 fully saturated rings. The zero-order valence-electron chi connectivity index (χ0n) is 12.0. The summed E-state index contributed by atoms with van der Waals surface area (Å²) in [5.41, 5.74) is 1.11. The Labute approximate surface area is 120 Å². The summed E-state index contributed by atoms with van der Waals surface area (Å²) in [6.07, 6.45) is 3.95. The molecule has 20 heavy (non-hydrogen) atoms. The van der Waals surface area contributed by atoms with Gasteiger partial charge < -0.3 is 4.90 Å². The third-order valence-electron chi connectivity index (χ3n) is 3.81. The molecule has 0 spiro atoms. The van der Waals surface area contributed by atoms with Crippen LogP contribution in [-0.2, 0) is 21.1 Å². The van der Waals surface area contributed by atoms with E-state index in [0.29, 0.717) is 4.90 Å². The lowest BCUT2D eigenvalue weighted by atomic mass is 10.1. The molecule has 1 amide bonds. The molecule has 5 heteroatoms. The average Bonchev–Trinajstić information content (AvgIpc) is 2.70. The van der Waals surface area contributed by atoms with Crippen molar-refractivity contribution in [3.63, 3.8) is 0 Å². The topological polar surface area (TPSA) is 54.5 Å². The molecule has 0 aromatic heterocycles. The minimum absolute atomic E-state index is 0.170. The summed E-state index contributed by atoms with van der Waals surface area (Å²) < 4.78 is 22.7. The molecule has 1 unspecified atom stereocenters. The van der Waals surface area contributed by atoms with Crippen molar-refractivity contribution in [1.82, 2.24) is 4.90 Å². The summed E-state index contributed by atoms with van der Waals surface area (Å²) in [7, 11) is -3.12. The Morgan fingerprint density at radius 1 is 1.25 bits per heavy atom. The Bertz CT molecular complexity index is 578. The summed E-state index contributed by atoms with van der Waals surface area (Å²) in [5, 5.41) is 0. The van der Waals surface area contributed by atoms with Crippen LogP contribution in [-0.4, -0.2) is 38.6 Å². The number of likely N-dealkylation sites (tertiary alicyclic amines) is 1. The molecule has 0 saturated carbocycles. The van der Waals surface area contributed by atoms with Gasteiger partial charge in [0.1, 0.15) is 0 Å². The molecule has 1 heterocycles. The number of hydrogen-bond donors (Lipinski definition) is 0. The predicted octanol–water partition coefficient (Wildman–Crippen LogP) is 1.89. The maximum Gasteiger partial charge on any atom is 0.225 e. The second-order valence-electron chi connectivity index (χ2n) is 5.53. The summed E-state index contributed by atoms with van der Waals surface area (Å²) in [6, 6.07) is 7.00. The molecule has 0 bridgehead atoms. The lowest BCUT2D eigenvalue weighted by Crippen LogP contribution is -2.27. The fourth-order valence-electron chi connectivity index (χ4n) is 2.49. The van der Waals surface area contributed by atoms with Crippen LogP contribution in [0.3, 0.4) is 0 Å². The SMILES string of the molecule is CC1CCN(CCCc2ccc(S(C)(=O)=O)cc2)C1=O. The highest BCUT2D eigenvalue weighted by atomic mass is 32.2. The van der Waals surface area contributed by atoms with E-state index in [2.05, 4.69) is 0 Å². The molecule has 4 nitrogen and oxygen atoms in total. The summed E-state index contributed by atoms with van der Waals surface area (Å²) >= 11 is 0. The third-order valence-corrected chi connectivity index (χ3v) is 4.94. The molecule has 1 atom stereocenters. The van der Waals surface area contributed by atoms with Gasteiger partial charge in [-0.3, -0.25) is 4.79 Å². The number of sulfone groups is 1. The van der Waals surface area contributed by atoms with E-state index in [-0.39, 0.29) is 11.8 Å². The van der Waals surface area contributed by atoms with Crippen molar-refractivity contribution in [3.05, 3.63) is 29.8 Å². The second kappa shape index (κ2) is 5.95. The molecule has 0 N–H and O–H groups in total. The molecular weight excluding hydrogens is 274 g/mol. The van der Waals surface area contributed by atoms with Crippen LogP contribution in [0.4, 0.5) is 0 Å². The lowest BCUT2D eigenvalue weighted by Gasteiger charge is -2.15. The van der Waals surface area contributed by atoms with Crippen LogP contribution in [0, 0.1) is 5.92 Å². The van der Waals surface area contributed by atoms with Gasteiger partial charge >= 0.3 is 0 Å². The zero-order chi connectivity index (χ0) is 14.8. The molecule has 1 saturated heterocycles. The van der Waals surface area contributed by atoms with E-state index in [1.807, 2.05) is 24.0 Å². The maximum atomic E-state index is 11.8. The highest BCUT2D eigenvalue weighted by Crippen LogP contribution is 2.18. The van der Waals surface area contributed by atoms with E-state index >= 15 is 0 Å². The van der Waals surface area contributed by atoms with Gasteiger partial charge in [0.15, 0.2) is 9.84 Å². The van der Waals surface area contributed by atoms with Gasteiger partial charge in [-0.15, -0.1) is 0 Å². The number of amides is 1. The van der Waals surface area contributed by atoms with Crippen molar-refractivity contribution in [3.8, 4) is 0 Å². The van der Waals surface area contributed by atoms with Gasteiger partial charge in [0, 0.05) is 25.3 Å². The number of carbonyl (C=O) groups is 1. The Kier molecular flexibility index (Phi) is 4.48. The Morgan fingerprint density at radius 3 is 2.40 bits per heavy atom. The first-order valence-corrected chi connectivity index (χ1v) is 8.85. The van der Waals surface area contributed by atoms with Crippen molar-refractivity contribution in [1.29, 1.82) is 0 Å². The van der Waals surface area contributed by atoms with Crippen LogP contribution in [0.25, 0.3) is 0 Å².